The Morgan fingerprint density at radius 1 is 1.15 bits per heavy atom. The molecule has 6 heteroatoms. The fraction of sp³-hybridized carbons (Fsp3) is 0.300. The third-order valence-corrected chi connectivity index (χ3v) is 4.95. The number of amides is 3. The summed E-state index contributed by atoms with van der Waals surface area (Å²) >= 11 is 3.41. The molecule has 3 amide bonds. The quantitative estimate of drug-likeness (QED) is 0.571. The number of imide groups is 1. The van der Waals surface area contributed by atoms with Crippen molar-refractivity contribution in [2.45, 2.75) is 25.8 Å². The first kappa shape index (κ1) is 18.5. The fourth-order valence-corrected chi connectivity index (χ4v) is 3.41. The zero-order valence-corrected chi connectivity index (χ0v) is 16.4. The minimum absolute atomic E-state index is 0.240. The summed E-state index contributed by atoms with van der Waals surface area (Å²) in [5.41, 5.74) is 0.836. The first-order valence-corrected chi connectivity index (χ1v) is 9.29. The van der Waals surface area contributed by atoms with E-state index in [1.807, 2.05) is 55.5 Å². The first-order valence-electron chi connectivity index (χ1n) is 8.50. The van der Waals surface area contributed by atoms with Crippen LogP contribution in [0.2, 0.25) is 0 Å². The molecule has 1 atom stereocenters. The van der Waals surface area contributed by atoms with Crippen LogP contribution in [0.25, 0.3) is 0 Å². The van der Waals surface area contributed by atoms with Crippen molar-refractivity contribution in [3.8, 4) is 5.75 Å². The second-order valence-corrected chi connectivity index (χ2v) is 7.46. The number of aryl methyl sites for hydroxylation is 1. The van der Waals surface area contributed by atoms with E-state index in [0.29, 0.717) is 19.6 Å². The van der Waals surface area contributed by atoms with Crippen molar-refractivity contribution in [1.82, 2.24) is 10.2 Å². The van der Waals surface area contributed by atoms with E-state index in [-0.39, 0.29) is 11.9 Å². The number of rotatable bonds is 6. The van der Waals surface area contributed by atoms with E-state index in [4.69, 9.17) is 4.74 Å². The molecule has 2 aromatic carbocycles. The molecule has 1 N–H and O–H groups in total. The van der Waals surface area contributed by atoms with Crippen LogP contribution in [0.4, 0.5) is 4.79 Å². The van der Waals surface area contributed by atoms with Crippen molar-refractivity contribution >= 4 is 27.9 Å². The number of benzene rings is 2. The molecule has 5 nitrogen and oxygen atoms in total. The van der Waals surface area contributed by atoms with Crippen LogP contribution in [0.3, 0.4) is 0 Å². The van der Waals surface area contributed by atoms with Crippen molar-refractivity contribution in [2.24, 2.45) is 0 Å². The molecule has 1 saturated heterocycles. The lowest BCUT2D eigenvalue weighted by molar-refractivity contribution is -0.131. The molecule has 1 aliphatic rings. The Hall–Kier alpha value is -2.34. The Morgan fingerprint density at radius 3 is 2.65 bits per heavy atom. The maximum atomic E-state index is 12.8. The Kier molecular flexibility index (Phi) is 5.32. The molecule has 0 unspecified atom stereocenters. The maximum Gasteiger partial charge on any atom is 0.325 e. The molecular weight excluding hydrogens is 396 g/mol. The molecule has 1 aliphatic heterocycles. The lowest BCUT2D eigenvalue weighted by Gasteiger charge is -2.22. The lowest BCUT2D eigenvalue weighted by Crippen LogP contribution is -2.41. The van der Waals surface area contributed by atoms with Crippen LogP contribution in [-0.4, -0.2) is 30.0 Å². The second kappa shape index (κ2) is 7.50. The summed E-state index contributed by atoms with van der Waals surface area (Å²) in [5, 5.41) is 2.82. The van der Waals surface area contributed by atoms with Gasteiger partial charge < -0.3 is 10.1 Å². The summed E-state index contributed by atoms with van der Waals surface area (Å²) in [6.07, 6.45) is 0.571. The van der Waals surface area contributed by atoms with Crippen molar-refractivity contribution in [2.75, 3.05) is 13.2 Å². The summed E-state index contributed by atoms with van der Waals surface area (Å²) < 4.78 is 6.56. The van der Waals surface area contributed by atoms with Gasteiger partial charge in [0.25, 0.3) is 5.91 Å². The van der Waals surface area contributed by atoms with Crippen molar-refractivity contribution in [1.29, 1.82) is 0 Å². The first-order chi connectivity index (χ1) is 12.4. The van der Waals surface area contributed by atoms with Crippen LogP contribution >= 0.6 is 15.9 Å². The van der Waals surface area contributed by atoms with E-state index in [0.717, 1.165) is 21.3 Å². The second-order valence-electron chi connectivity index (χ2n) is 6.54. The maximum absolute atomic E-state index is 12.8. The summed E-state index contributed by atoms with van der Waals surface area (Å²) in [7, 11) is 0. The minimum Gasteiger partial charge on any atom is -0.494 e. The highest BCUT2D eigenvalue weighted by molar-refractivity contribution is 9.10. The summed E-state index contributed by atoms with van der Waals surface area (Å²) in [4.78, 5) is 26.4. The van der Waals surface area contributed by atoms with Crippen LogP contribution in [-0.2, 0) is 10.3 Å². The highest BCUT2D eigenvalue weighted by Crippen LogP contribution is 2.30. The van der Waals surface area contributed by atoms with Crippen LogP contribution in [0, 0.1) is 6.92 Å². The number of hydrogen-bond donors (Lipinski definition) is 1. The van der Waals surface area contributed by atoms with Gasteiger partial charge >= 0.3 is 6.03 Å². The number of carbonyl (C=O) groups excluding carboxylic acids is 2. The van der Waals surface area contributed by atoms with Gasteiger partial charge in [0.05, 0.1) is 6.61 Å². The van der Waals surface area contributed by atoms with E-state index < -0.39 is 5.54 Å². The van der Waals surface area contributed by atoms with Crippen molar-refractivity contribution < 1.29 is 14.3 Å². The molecule has 136 valence electrons. The van der Waals surface area contributed by atoms with E-state index in [1.54, 1.807) is 6.92 Å². The number of urea groups is 1. The molecule has 0 aliphatic carbocycles. The Bertz CT molecular complexity index is 839. The van der Waals surface area contributed by atoms with Crippen molar-refractivity contribution in [3.63, 3.8) is 0 Å². The van der Waals surface area contributed by atoms with Crippen LogP contribution in [0.5, 0.6) is 5.75 Å². The highest BCUT2D eigenvalue weighted by Gasteiger charge is 2.48. The Morgan fingerprint density at radius 2 is 1.92 bits per heavy atom. The molecule has 2 aromatic rings. The monoisotopic (exact) mass is 416 g/mol. The van der Waals surface area contributed by atoms with E-state index >= 15 is 0 Å². The van der Waals surface area contributed by atoms with Crippen LogP contribution in [0.15, 0.2) is 53.0 Å². The normalized spacial score (nSPS) is 19.6. The molecule has 0 saturated carbocycles. The number of ether oxygens (including phenoxy) is 1. The van der Waals surface area contributed by atoms with Gasteiger partial charge in [0.2, 0.25) is 0 Å². The van der Waals surface area contributed by atoms with Gasteiger partial charge in [-0.2, -0.15) is 0 Å². The zero-order chi connectivity index (χ0) is 18.7. The number of hydrogen-bond acceptors (Lipinski definition) is 3. The number of nitrogens with zero attached hydrogens (tertiary/aromatic N) is 1. The van der Waals surface area contributed by atoms with Gasteiger partial charge in [-0.15, -0.1) is 0 Å². The molecule has 3 rings (SSSR count). The van der Waals surface area contributed by atoms with E-state index in [9.17, 15) is 9.59 Å². The molecular formula is C20H21BrN2O3. The SMILES string of the molecule is Cc1cccc(OCCCN2C(=O)N[C@@](C)(c3cccc(Br)c3)C2=O)c1. The van der Waals surface area contributed by atoms with Crippen LogP contribution in [0.1, 0.15) is 24.5 Å². The van der Waals surface area contributed by atoms with Crippen LogP contribution < -0.4 is 10.1 Å². The number of halogens is 1. The van der Waals surface area contributed by atoms with Gasteiger partial charge in [0.15, 0.2) is 0 Å². The van der Waals surface area contributed by atoms with Gasteiger partial charge in [0, 0.05) is 11.0 Å². The third kappa shape index (κ3) is 3.75. The lowest BCUT2D eigenvalue weighted by atomic mass is 9.92. The average molecular weight is 417 g/mol. The van der Waals surface area contributed by atoms with Gasteiger partial charge in [-0.05, 0) is 55.7 Å². The van der Waals surface area contributed by atoms with Crippen molar-refractivity contribution in [3.05, 3.63) is 64.1 Å². The summed E-state index contributed by atoms with van der Waals surface area (Å²) in [6.45, 7) is 4.50. The van der Waals surface area contributed by atoms with Gasteiger partial charge in [0.1, 0.15) is 11.3 Å². The molecule has 1 fully saturated rings. The Labute approximate surface area is 161 Å². The van der Waals surface area contributed by atoms with Gasteiger partial charge in [-0.25, -0.2) is 4.79 Å². The summed E-state index contributed by atoms with van der Waals surface area (Å²) in [6, 6.07) is 14.8. The number of carbonyl (C=O) groups is 2. The Balaban J connectivity index is 1.60. The molecule has 1 heterocycles. The van der Waals surface area contributed by atoms with E-state index in [2.05, 4.69) is 21.2 Å². The van der Waals surface area contributed by atoms with Gasteiger partial charge in [-0.1, -0.05) is 40.2 Å². The smallest absolute Gasteiger partial charge is 0.325 e. The molecule has 0 bridgehead atoms. The third-order valence-electron chi connectivity index (χ3n) is 4.46. The minimum atomic E-state index is -1.04. The average Bonchev–Trinajstić information content (AvgIpc) is 2.82. The fourth-order valence-electron chi connectivity index (χ4n) is 3.01. The molecule has 0 spiro atoms. The standard InChI is InChI=1S/C20H21BrN2O3/c1-14-6-3-9-17(12-14)26-11-5-10-23-18(24)20(2,22-19(23)25)15-7-4-8-16(21)13-15/h3-4,6-9,12-13H,5,10-11H2,1-2H3,(H,22,25)/t20-/m0/s1. The highest BCUT2D eigenvalue weighted by atomic mass is 79.9. The number of nitrogens with one attached hydrogen (secondary N) is 1. The molecule has 0 radical (unpaired) electrons. The zero-order valence-electron chi connectivity index (χ0n) is 14.8. The predicted octanol–water partition coefficient (Wildman–Crippen LogP) is 3.99. The molecule has 0 aromatic heterocycles. The van der Waals surface area contributed by atoms with Gasteiger partial charge in [-0.3, -0.25) is 9.69 Å². The topological polar surface area (TPSA) is 58.6 Å². The summed E-state index contributed by atoms with van der Waals surface area (Å²) in [5.74, 6) is 0.553. The molecule has 26 heavy (non-hydrogen) atoms. The van der Waals surface area contributed by atoms with E-state index in [1.165, 1.54) is 4.90 Å². The largest absolute Gasteiger partial charge is 0.494 e. The predicted molar refractivity (Wildman–Crippen MR) is 103 cm³/mol.